The number of hydrogen-bond acceptors (Lipinski definition) is 4. The lowest BCUT2D eigenvalue weighted by Crippen LogP contribution is -2.13. The summed E-state index contributed by atoms with van der Waals surface area (Å²) in [5.41, 5.74) is 4.88. The van der Waals surface area contributed by atoms with Gasteiger partial charge in [-0.25, -0.2) is 4.98 Å². The average Bonchev–Trinajstić information content (AvgIpc) is 2.71. The van der Waals surface area contributed by atoms with E-state index in [0.717, 1.165) is 23.4 Å². The number of benzene rings is 2. The molecule has 2 N–H and O–H groups in total. The third-order valence-corrected chi connectivity index (χ3v) is 4.64. The van der Waals surface area contributed by atoms with E-state index in [9.17, 15) is 4.79 Å². The van der Waals surface area contributed by atoms with Gasteiger partial charge in [0.1, 0.15) is 11.6 Å². The predicted molar refractivity (Wildman–Crippen MR) is 113 cm³/mol. The fraction of sp³-hybridized carbons (Fsp3) is 0.217. The second-order valence-electron chi connectivity index (χ2n) is 6.71. The van der Waals surface area contributed by atoms with E-state index in [4.69, 9.17) is 4.74 Å². The number of methoxy groups -OCH3 is 1. The van der Waals surface area contributed by atoms with Gasteiger partial charge in [0.25, 0.3) is 5.91 Å². The van der Waals surface area contributed by atoms with Crippen LogP contribution >= 0.6 is 0 Å². The van der Waals surface area contributed by atoms with Crippen LogP contribution in [-0.2, 0) is 6.42 Å². The summed E-state index contributed by atoms with van der Waals surface area (Å²) in [6.07, 6.45) is 2.47. The normalized spacial score (nSPS) is 10.4. The molecule has 0 aliphatic rings. The van der Waals surface area contributed by atoms with Gasteiger partial charge in [0, 0.05) is 24.0 Å². The smallest absolute Gasteiger partial charge is 0.255 e. The molecule has 144 valence electrons. The Bertz CT molecular complexity index is 970. The standard InChI is InChI=1S/C23H25N3O2/c1-16-7-8-20(13-17(16)2)26-23(27)19-10-12-25-22(15-19)24-11-9-18-5-4-6-21(14-18)28-3/h4-8,10,12-15H,9,11H2,1-3H3,(H,24,25)(H,26,27). The third kappa shape index (κ3) is 5.10. The zero-order valence-corrected chi connectivity index (χ0v) is 16.5. The molecule has 0 saturated heterocycles. The number of carbonyl (C=O) groups excluding carboxylic acids is 1. The molecule has 2 aromatic carbocycles. The number of nitrogens with zero attached hydrogens (tertiary/aromatic N) is 1. The number of anilines is 2. The minimum atomic E-state index is -0.151. The highest BCUT2D eigenvalue weighted by Gasteiger charge is 2.08. The van der Waals surface area contributed by atoms with Crippen molar-refractivity contribution in [3.8, 4) is 5.75 Å². The summed E-state index contributed by atoms with van der Waals surface area (Å²) in [4.78, 5) is 16.9. The molecule has 1 heterocycles. The molecule has 0 unspecified atom stereocenters. The first-order valence-corrected chi connectivity index (χ1v) is 9.26. The molecule has 1 amide bonds. The van der Waals surface area contributed by atoms with Gasteiger partial charge in [-0.15, -0.1) is 0 Å². The molecule has 0 bridgehead atoms. The zero-order chi connectivity index (χ0) is 19.9. The number of pyridine rings is 1. The maximum atomic E-state index is 12.5. The van der Waals surface area contributed by atoms with Crippen LogP contribution in [0.1, 0.15) is 27.0 Å². The van der Waals surface area contributed by atoms with E-state index in [1.54, 1.807) is 25.4 Å². The van der Waals surface area contributed by atoms with Crippen molar-refractivity contribution in [1.29, 1.82) is 0 Å². The van der Waals surface area contributed by atoms with Gasteiger partial charge >= 0.3 is 0 Å². The largest absolute Gasteiger partial charge is 0.497 e. The highest BCUT2D eigenvalue weighted by Crippen LogP contribution is 2.16. The van der Waals surface area contributed by atoms with Gasteiger partial charge < -0.3 is 15.4 Å². The van der Waals surface area contributed by atoms with E-state index < -0.39 is 0 Å². The van der Waals surface area contributed by atoms with Crippen LogP contribution in [-0.4, -0.2) is 24.5 Å². The summed E-state index contributed by atoms with van der Waals surface area (Å²) in [6, 6.07) is 17.3. The minimum Gasteiger partial charge on any atom is -0.497 e. The molecule has 0 aliphatic carbocycles. The second-order valence-corrected chi connectivity index (χ2v) is 6.71. The second kappa shape index (κ2) is 9.04. The first-order chi connectivity index (χ1) is 13.5. The number of aryl methyl sites for hydroxylation is 2. The highest BCUT2D eigenvalue weighted by molar-refractivity contribution is 6.04. The number of ether oxygens (including phenoxy) is 1. The van der Waals surface area contributed by atoms with Crippen LogP contribution in [0.5, 0.6) is 5.75 Å². The van der Waals surface area contributed by atoms with E-state index >= 15 is 0 Å². The molecule has 28 heavy (non-hydrogen) atoms. The Morgan fingerprint density at radius 3 is 2.68 bits per heavy atom. The molecule has 3 rings (SSSR count). The quantitative estimate of drug-likeness (QED) is 0.633. The number of rotatable bonds is 7. The van der Waals surface area contributed by atoms with E-state index in [1.807, 2.05) is 50.2 Å². The summed E-state index contributed by atoms with van der Waals surface area (Å²) in [6.45, 7) is 4.79. The molecule has 0 fully saturated rings. The Morgan fingerprint density at radius 1 is 1.04 bits per heavy atom. The third-order valence-electron chi connectivity index (χ3n) is 4.64. The van der Waals surface area contributed by atoms with Gasteiger partial charge in [-0.1, -0.05) is 18.2 Å². The van der Waals surface area contributed by atoms with E-state index in [-0.39, 0.29) is 5.91 Å². The topological polar surface area (TPSA) is 63.2 Å². The predicted octanol–water partition coefficient (Wildman–Crippen LogP) is 4.61. The lowest BCUT2D eigenvalue weighted by atomic mass is 10.1. The zero-order valence-electron chi connectivity index (χ0n) is 16.5. The minimum absolute atomic E-state index is 0.151. The summed E-state index contributed by atoms with van der Waals surface area (Å²) in [5.74, 6) is 1.37. The van der Waals surface area contributed by atoms with Crippen molar-refractivity contribution in [2.45, 2.75) is 20.3 Å². The Labute approximate surface area is 165 Å². The van der Waals surface area contributed by atoms with Crippen molar-refractivity contribution in [2.75, 3.05) is 24.3 Å². The van der Waals surface area contributed by atoms with E-state index in [1.165, 1.54) is 11.1 Å². The monoisotopic (exact) mass is 375 g/mol. The Kier molecular flexibility index (Phi) is 6.27. The van der Waals surface area contributed by atoms with Gasteiger partial charge in [-0.2, -0.15) is 0 Å². The summed E-state index contributed by atoms with van der Waals surface area (Å²) >= 11 is 0. The SMILES string of the molecule is COc1cccc(CCNc2cc(C(=O)Nc3ccc(C)c(C)c3)ccn2)c1. The van der Waals surface area contributed by atoms with Gasteiger partial charge in [-0.3, -0.25) is 4.79 Å². The number of carbonyl (C=O) groups is 1. The van der Waals surface area contributed by atoms with Crippen LogP contribution in [0.15, 0.2) is 60.8 Å². The van der Waals surface area contributed by atoms with Crippen LogP contribution in [0, 0.1) is 13.8 Å². The molecule has 5 heteroatoms. The van der Waals surface area contributed by atoms with E-state index in [0.29, 0.717) is 17.9 Å². The summed E-state index contributed by atoms with van der Waals surface area (Å²) < 4.78 is 5.25. The van der Waals surface area contributed by atoms with E-state index in [2.05, 4.69) is 21.7 Å². The first-order valence-electron chi connectivity index (χ1n) is 9.26. The van der Waals surface area contributed by atoms with Crippen molar-refractivity contribution in [2.24, 2.45) is 0 Å². The summed E-state index contributed by atoms with van der Waals surface area (Å²) in [5, 5.41) is 6.21. The van der Waals surface area contributed by atoms with Gasteiger partial charge in [-0.05, 0) is 73.4 Å². The van der Waals surface area contributed by atoms with Gasteiger partial charge in [0.2, 0.25) is 0 Å². The van der Waals surface area contributed by atoms with Crippen LogP contribution in [0.2, 0.25) is 0 Å². The molecule has 3 aromatic rings. The molecule has 1 aromatic heterocycles. The van der Waals surface area contributed by atoms with Gasteiger partial charge in [0.05, 0.1) is 7.11 Å². The number of aromatic nitrogens is 1. The molecular weight excluding hydrogens is 350 g/mol. The fourth-order valence-electron chi connectivity index (χ4n) is 2.85. The number of nitrogens with one attached hydrogen (secondary N) is 2. The van der Waals surface area contributed by atoms with Crippen LogP contribution in [0.25, 0.3) is 0 Å². The lowest BCUT2D eigenvalue weighted by molar-refractivity contribution is 0.102. The van der Waals surface area contributed by atoms with Crippen molar-refractivity contribution in [1.82, 2.24) is 4.98 Å². The van der Waals surface area contributed by atoms with Crippen molar-refractivity contribution in [3.63, 3.8) is 0 Å². The molecule has 0 aliphatic heterocycles. The van der Waals surface area contributed by atoms with Crippen molar-refractivity contribution in [3.05, 3.63) is 83.0 Å². The van der Waals surface area contributed by atoms with Crippen LogP contribution < -0.4 is 15.4 Å². The molecule has 0 atom stereocenters. The summed E-state index contributed by atoms with van der Waals surface area (Å²) in [7, 11) is 1.66. The molecule has 0 spiro atoms. The maximum absolute atomic E-state index is 12.5. The van der Waals surface area contributed by atoms with Crippen LogP contribution in [0.4, 0.5) is 11.5 Å². The lowest BCUT2D eigenvalue weighted by Gasteiger charge is -2.10. The van der Waals surface area contributed by atoms with Crippen LogP contribution in [0.3, 0.4) is 0 Å². The Hall–Kier alpha value is -3.34. The molecular formula is C23H25N3O2. The first kappa shape index (κ1) is 19.4. The molecule has 0 saturated carbocycles. The molecule has 5 nitrogen and oxygen atoms in total. The van der Waals surface area contributed by atoms with Gasteiger partial charge in [0.15, 0.2) is 0 Å². The average molecular weight is 375 g/mol. The Morgan fingerprint density at radius 2 is 1.89 bits per heavy atom. The van der Waals surface area contributed by atoms with Crippen molar-refractivity contribution < 1.29 is 9.53 Å². The maximum Gasteiger partial charge on any atom is 0.255 e. The molecule has 0 radical (unpaired) electrons. The number of hydrogen-bond donors (Lipinski definition) is 2. The fourth-order valence-corrected chi connectivity index (χ4v) is 2.85. The number of amides is 1. The van der Waals surface area contributed by atoms with Crippen molar-refractivity contribution >= 4 is 17.4 Å². The highest BCUT2D eigenvalue weighted by atomic mass is 16.5. The Balaban J connectivity index is 1.59.